The van der Waals surface area contributed by atoms with E-state index in [1.807, 2.05) is 6.07 Å². The maximum atomic E-state index is 13.0. The van der Waals surface area contributed by atoms with E-state index in [0.717, 1.165) is 17.5 Å². The van der Waals surface area contributed by atoms with E-state index in [-0.39, 0.29) is 17.1 Å². The molecule has 0 aromatic heterocycles. The molecule has 3 aromatic rings. The molecular formula is C21H18FNO3. The Kier molecular flexibility index (Phi) is 5.17. The molecule has 0 aliphatic rings. The summed E-state index contributed by atoms with van der Waals surface area (Å²) in [5, 5.41) is 22.0. The van der Waals surface area contributed by atoms with Crippen LogP contribution in [0.3, 0.4) is 0 Å². The van der Waals surface area contributed by atoms with Crippen LogP contribution in [0.4, 0.5) is 15.8 Å². The van der Waals surface area contributed by atoms with E-state index in [2.05, 4.69) is 5.32 Å². The molecule has 3 N–H and O–H groups in total. The summed E-state index contributed by atoms with van der Waals surface area (Å²) in [5.74, 6) is -1.16. The molecule has 0 spiro atoms. The van der Waals surface area contributed by atoms with Crippen molar-refractivity contribution in [2.75, 3.05) is 5.32 Å². The highest BCUT2D eigenvalue weighted by atomic mass is 19.1. The number of carboxylic acids is 1. The molecule has 4 nitrogen and oxygen atoms in total. The van der Waals surface area contributed by atoms with Crippen molar-refractivity contribution < 1.29 is 19.4 Å². The summed E-state index contributed by atoms with van der Waals surface area (Å²) in [6, 6.07) is 17.9. The first-order valence-electron chi connectivity index (χ1n) is 8.18. The number of nitrogens with one attached hydrogen (secondary N) is 1. The summed E-state index contributed by atoms with van der Waals surface area (Å²) < 4.78 is 13.0. The van der Waals surface area contributed by atoms with Crippen LogP contribution in [0.2, 0.25) is 0 Å². The summed E-state index contributed by atoms with van der Waals surface area (Å²) in [5.41, 5.74) is 3.18. The lowest BCUT2D eigenvalue weighted by molar-refractivity contribution is 0.0698. The molecule has 0 aliphatic heterocycles. The Morgan fingerprint density at radius 3 is 2.27 bits per heavy atom. The molecular weight excluding hydrogens is 333 g/mol. The van der Waals surface area contributed by atoms with Gasteiger partial charge >= 0.3 is 5.97 Å². The fourth-order valence-corrected chi connectivity index (χ4v) is 2.73. The van der Waals surface area contributed by atoms with Gasteiger partial charge in [-0.2, -0.15) is 0 Å². The molecule has 3 rings (SSSR count). The number of anilines is 2. The standard InChI is InChI=1S/C21H18FNO3/c22-16-7-9-17(10-8-16)23-20-13-15(6-11-19(20)21(25)26)5-4-14-2-1-3-18(24)12-14/h1-3,6-13,23-24H,4-5H2,(H,25,26). The van der Waals surface area contributed by atoms with Gasteiger partial charge in [-0.05, 0) is 72.5 Å². The van der Waals surface area contributed by atoms with E-state index in [9.17, 15) is 19.4 Å². The Bertz CT molecular complexity index is 923. The van der Waals surface area contributed by atoms with Crippen molar-refractivity contribution in [2.45, 2.75) is 12.8 Å². The van der Waals surface area contributed by atoms with Crippen LogP contribution in [0.5, 0.6) is 5.75 Å². The molecule has 0 saturated carbocycles. The predicted molar refractivity (Wildman–Crippen MR) is 98.6 cm³/mol. The maximum Gasteiger partial charge on any atom is 0.337 e. The van der Waals surface area contributed by atoms with Gasteiger partial charge in [-0.25, -0.2) is 9.18 Å². The van der Waals surface area contributed by atoms with E-state index >= 15 is 0 Å². The van der Waals surface area contributed by atoms with E-state index in [1.54, 1.807) is 48.5 Å². The quantitative estimate of drug-likeness (QED) is 0.599. The van der Waals surface area contributed by atoms with Gasteiger partial charge in [-0.1, -0.05) is 18.2 Å². The Morgan fingerprint density at radius 1 is 0.923 bits per heavy atom. The van der Waals surface area contributed by atoms with Crippen LogP contribution in [-0.4, -0.2) is 16.2 Å². The number of aromatic hydroxyl groups is 1. The molecule has 0 aliphatic carbocycles. The zero-order valence-electron chi connectivity index (χ0n) is 13.9. The first kappa shape index (κ1) is 17.5. The topological polar surface area (TPSA) is 69.6 Å². The van der Waals surface area contributed by atoms with Gasteiger partial charge < -0.3 is 15.5 Å². The lowest BCUT2D eigenvalue weighted by Gasteiger charge is -2.12. The second-order valence-corrected chi connectivity index (χ2v) is 5.99. The fourth-order valence-electron chi connectivity index (χ4n) is 2.73. The number of benzene rings is 3. The molecule has 0 amide bonds. The van der Waals surface area contributed by atoms with E-state index in [1.165, 1.54) is 12.1 Å². The van der Waals surface area contributed by atoms with Gasteiger partial charge in [0.05, 0.1) is 11.3 Å². The smallest absolute Gasteiger partial charge is 0.337 e. The average molecular weight is 351 g/mol. The molecule has 3 aromatic carbocycles. The number of phenolic OH excluding ortho intramolecular Hbond substituents is 1. The fraction of sp³-hybridized carbons (Fsp3) is 0.0952. The first-order valence-corrected chi connectivity index (χ1v) is 8.18. The molecule has 0 saturated heterocycles. The van der Waals surface area contributed by atoms with Crippen LogP contribution in [0, 0.1) is 5.82 Å². The number of hydrogen-bond donors (Lipinski definition) is 3. The number of hydrogen-bond acceptors (Lipinski definition) is 3. The molecule has 26 heavy (non-hydrogen) atoms. The zero-order valence-corrected chi connectivity index (χ0v) is 13.9. The van der Waals surface area contributed by atoms with Crippen LogP contribution in [0.15, 0.2) is 66.7 Å². The zero-order chi connectivity index (χ0) is 18.5. The van der Waals surface area contributed by atoms with Gasteiger partial charge in [-0.3, -0.25) is 0 Å². The lowest BCUT2D eigenvalue weighted by atomic mass is 10.0. The van der Waals surface area contributed by atoms with Crippen molar-refractivity contribution in [3.8, 4) is 5.75 Å². The number of halogens is 1. The molecule has 0 bridgehead atoms. The summed E-state index contributed by atoms with van der Waals surface area (Å²) in [4.78, 5) is 11.5. The molecule has 0 radical (unpaired) electrons. The Labute approximate surface area is 150 Å². The van der Waals surface area contributed by atoms with Gasteiger partial charge in [0.15, 0.2) is 0 Å². The van der Waals surface area contributed by atoms with Crippen molar-refractivity contribution in [1.82, 2.24) is 0 Å². The minimum atomic E-state index is -1.03. The second-order valence-electron chi connectivity index (χ2n) is 5.99. The Balaban J connectivity index is 1.81. The normalized spacial score (nSPS) is 10.5. The third-order valence-electron chi connectivity index (χ3n) is 4.05. The van der Waals surface area contributed by atoms with Crippen molar-refractivity contribution >= 4 is 17.3 Å². The first-order chi connectivity index (χ1) is 12.5. The minimum absolute atomic E-state index is 0.149. The summed E-state index contributed by atoms with van der Waals surface area (Å²) in [6.07, 6.45) is 1.41. The molecule has 5 heteroatoms. The highest BCUT2D eigenvalue weighted by Gasteiger charge is 2.11. The van der Waals surface area contributed by atoms with Crippen LogP contribution in [0.25, 0.3) is 0 Å². The second kappa shape index (κ2) is 7.70. The van der Waals surface area contributed by atoms with Crippen LogP contribution < -0.4 is 5.32 Å². The van der Waals surface area contributed by atoms with Crippen LogP contribution in [-0.2, 0) is 12.8 Å². The third-order valence-corrected chi connectivity index (χ3v) is 4.05. The molecule has 0 unspecified atom stereocenters. The Hall–Kier alpha value is -3.34. The monoisotopic (exact) mass is 351 g/mol. The molecule has 0 fully saturated rings. The average Bonchev–Trinajstić information content (AvgIpc) is 2.62. The maximum absolute atomic E-state index is 13.0. The van der Waals surface area contributed by atoms with E-state index in [0.29, 0.717) is 17.8 Å². The van der Waals surface area contributed by atoms with Crippen molar-refractivity contribution in [2.24, 2.45) is 0 Å². The van der Waals surface area contributed by atoms with E-state index in [4.69, 9.17) is 0 Å². The Morgan fingerprint density at radius 2 is 1.62 bits per heavy atom. The van der Waals surface area contributed by atoms with Crippen LogP contribution >= 0.6 is 0 Å². The highest BCUT2D eigenvalue weighted by Crippen LogP contribution is 2.24. The summed E-state index contributed by atoms with van der Waals surface area (Å²) in [7, 11) is 0. The van der Waals surface area contributed by atoms with Gasteiger partial charge in [0.1, 0.15) is 11.6 Å². The van der Waals surface area contributed by atoms with Crippen LogP contribution in [0.1, 0.15) is 21.5 Å². The number of aryl methyl sites for hydroxylation is 2. The minimum Gasteiger partial charge on any atom is -0.508 e. The van der Waals surface area contributed by atoms with Gasteiger partial charge in [-0.15, -0.1) is 0 Å². The summed E-state index contributed by atoms with van der Waals surface area (Å²) in [6.45, 7) is 0. The number of rotatable bonds is 6. The number of aromatic carboxylic acids is 1. The van der Waals surface area contributed by atoms with Gasteiger partial charge in [0, 0.05) is 5.69 Å². The molecule has 132 valence electrons. The lowest BCUT2D eigenvalue weighted by Crippen LogP contribution is -2.04. The predicted octanol–water partition coefficient (Wildman–Crippen LogP) is 4.76. The largest absolute Gasteiger partial charge is 0.508 e. The van der Waals surface area contributed by atoms with E-state index < -0.39 is 5.97 Å². The van der Waals surface area contributed by atoms with Crippen molar-refractivity contribution in [1.29, 1.82) is 0 Å². The molecule has 0 atom stereocenters. The van der Waals surface area contributed by atoms with Crippen molar-refractivity contribution in [3.05, 3.63) is 89.2 Å². The number of carbonyl (C=O) groups is 1. The molecule has 0 heterocycles. The SMILES string of the molecule is O=C(O)c1ccc(CCc2cccc(O)c2)cc1Nc1ccc(F)cc1. The summed E-state index contributed by atoms with van der Waals surface area (Å²) >= 11 is 0. The highest BCUT2D eigenvalue weighted by molar-refractivity contribution is 5.95. The third kappa shape index (κ3) is 4.39. The van der Waals surface area contributed by atoms with Gasteiger partial charge in [0.2, 0.25) is 0 Å². The van der Waals surface area contributed by atoms with Crippen molar-refractivity contribution in [3.63, 3.8) is 0 Å². The van der Waals surface area contributed by atoms with Gasteiger partial charge in [0.25, 0.3) is 0 Å². The number of carboxylic acid groups (broad SMARTS) is 1. The number of phenols is 1.